The van der Waals surface area contributed by atoms with Gasteiger partial charge in [0.05, 0.1) is 6.61 Å². The Morgan fingerprint density at radius 3 is 2.35 bits per heavy atom. The van der Waals surface area contributed by atoms with Gasteiger partial charge < -0.3 is 19.5 Å². The van der Waals surface area contributed by atoms with E-state index in [2.05, 4.69) is 5.32 Å². The van der Waals surface area contributed by atoms with Crippen LogP contribution in [0.4, 0.5) is 4.79 Å². The van der Waals surface area contributed by atoms with Crippen LogP contribution in [0.2, 0.25) is 0 Å². The van der Waals surface area contributed by atoms with Crippen LogP contribution in [0.15, 0.2) is 24.3 Å². The van der Waals surface area contributed by atoms with E-state index < -0.39 is 11.7 Å². The van der Waals surface area contributed by atoms with Crippen LogP contribution in [0.3, 0.4) is 0 Å². The van der Waals surface area contributed by atoms with E-state index in [1.807, 2.05) is 39.8 Å². The smallest absolute Gasteiger partial charge is 0.407 e. The molecule has 6 nitrogen and oxygen atoms in total. The maximum Gasteiger partial charge on any atom is 0.407 e. The minimum absolute atomic E-state index is 0.248. The van der Waals surface area contributed by atoms with Crippen molar-refractivity contribution < 1.29 is 23.8 Å². The summed E-state index contributed by atoms with van der Waals surface area (Å²) in [6.07, 6.45) is 2.28. The molecule has 0 spiro atoms. The van der Waals surface area contributed by atoms with Gasteiger partial charge in [0.15, 0.2) is 0 Å². The van der Waals surface area contributed by atoms with Gasteiger partial charge in [0.1, 0.15) is 11.4 Å². The topological polar surface area (TPSA) is 73.9 Å². The van der Waals surface area contributed by atoms with E-state index in [1.165, 1.54) is 0 Å². The van der Waals surface area contributed by atoms with Crippen molar-refractivity contribution >= 4 is 12.1 Å². The first-order valence-corrected chi connectivity index (χ1v) is 9.14. The molecule has 0 fully saturated rings. The average molecular weight is 365 g/mol. The van der Waals surface area contributed by atoms with Crippen LogP contribution in [0.25, 0.3) is 0 Å². The number of amides is 1. The number of unbranched alkanes of at least 4 members (excludes halogenated alkanes) is 2. The lowest BCUT2D eigenvalue weighted by Crippen LogP contribution is -2.33. The zero-order chi connectivity index (χ0) is 19.4. The van der Waals surface area contributed by atoms with E-state index in [-0.39, 0.29) is 5.97 Å². The molecule has 1 amide bonds. The second-order valence-corrected chi connectivity index (χ2v) is 6.99. The molecule has 0 aliphatic heterocycles. The number of rotatable bonds is 10. The van der Waals surface area contributed by atoms with Gasteiger partial charge in [0, 0.05) is 19.6 Å². The van der Waals surface area contributed by atoms with Crippen LogP contribution in [0.1, 0.15) is 58.9 Å². The van der Waals surface area contributed by atoms with Crippen LogP contribution in [-0.4, -0.2) is 30.8 Å². The Morgan fingerprint density at radius 1 is 1.04 bits per heavy atom. The number of hydrogen-bond donors (Lipinski definition) is 1. The van der Waals surface area contributed by atoms with Crippen molar-refractivity contribution in [3.05, 3.63) is 29.8 Å². The van der Waals surface area contributed by atoms with E-state index in [1.54, 1.807) is 12.1 Å². The van der Waals surface area contributed by atoms with Gasteiger partial charge in [-0.25, -0.2) is 4.79 Å². The molecule has 0 bridgehead atoms. The number of ether oxygens (including phenoxy) is 3. The molecule has 26 heavy (non-hydrogen) atoms. The quantitative estimate of drug-likeness (QED) is 0.382. The third-order valence-electron chi connectivity index (χ3n) is 3.35. The van der Waals surface area contributed by atoms with E-state index in [0.29, 0.717) is 31.9 Å². The molecule has 1 aromatic rings. The van der Waals surface area contributed by atoms with E-state index in [9.17, 15) is 9.59 Å². The van der Waals surface area contributed by atoms with Gasteiger partial charge >= 0.3 is 12.1 Å². The molecule has 146 valence electrons. The number of carbonyl (C=O) groups excluding carboxylic acids is 2. The average Bonchev–Trinajstić information content (AvgIpc) is 2.55. The molecule has 6 heteroatoms. The number of carbonyl (C=O) groups is 2. The maximum atomic E-state index is 11.8. The van der Waals surface area contributed by atoms with Gasteiger partial charge in [-0.2, -0.15) is 0 Å². The maximum absolute atomic E-state index is 11.8. The summed E-state index contributed by atoms with van der Waals surface area (Å²) >= 11 is 0. The summed E-state index contributed by atoms with van der Waals surface area (Å²) < 4.78 is 15.8. The van der Waals surface area contributed by atoms with Crippen LogP contribution in [0, 0.1) is 0 Å². The fraction of sp³-hybridized carbons (Fsp3) is 0.600. The molecule has 0 unspecified atom stereocenters. The van der Waals surface area contributed by atoms with Crippen molar-refractivity contribution in [1.29, 1.82) is 0 Å². The summed E-state index contributed by atoms with van der Waals surface area (Å²) in [7, 11) is 0. The Morgan fingerprint density at radius 2 is 1.73 bits per heavy atom. The van der Waals surface area contributed by atoms with Gasteiger partial charge in [-0.15, -0.1) is 0 Å². The minimum atomic E-state index is -0.491. The summed E-state index contributed by atoms with van der Waals surface area (Å²) in [5.41, 5.74) is 0.554. The zero-order valence-corrected chi connectivity index (χ0v) is 16.3. The summed E-state index contributed by atoms with van der Waals surface area (Å²) in [6.45, 7) is 9.18. The van der Waals surface area contributed by atoms with Crippen LogP contribution in [-0.2, 0) is 20.9 Å². The van der Waals surface area contributed by atoms with E-state index >= 15 is 0 Å². The van der Waals surface area contributed by atoms with Gasteiger partial charge in [-0.1, -0.05) is 18.6 Å². The Kier molecular flexibility index (Phi) is 9.73. The molecule has 1 aromatic carbocycles. The predicted molar refractivity (Wildman–Crippen MR) is 100 cm³/mol. The van der Waals surface area contributed by atoms with Crippen molar-refractivity contribution in [3.8, 4) is 5.75 Å². The molecule has 0 aliphatic rings. The van der Waals surface area contributed by atoms with Gasteiger partial charge in [0.2, 0.25) is 0 Å². The largest absolute Gasteiger partial charge is 0.444 e. The molecule has 0 radical (unpaired) electrons. The lowest BCUT2D eigenvalue weighted by molar-refractivity contribution is -0.134. The van der Waals surface area contributed by atoms with Gasteiger partial charge in [-0.05, 0) is 58.2 Å². The second kappa shape index (κ2) is 11.5. The molecular formula is C20H31NO5. The van der Waals surface area contributed by atoms with Crippen LogP contribution in [0.5, 0.6) is 5.75 Å². The van der Waals surface area contributed by atoms with Crippen molar-refractivity contribution in [2.24, 2.45) is 0 Å². The Bertz CT molecular complexity index is 548. The molecule has 0 heterocycles. The summed E-state index contributed by atoms with van der Waals surface area (Å²) in [5, 5.41) is 2.70. The van der Waals surface area contributed by atoms with Crippen molar-refractivity contribution in [1.82, 2.24) is 5.32 Å². The zero-order valence-electron chi connectivity index (χ0n) is 16.3. The van der Waals surface area contributed by atoms with Crippen molar-refractivity contribution in [3.63, 3.8) is 0 Å². The monoisotopic (exact) mass is 365 g/mol. The highest BCUT2D eigenvalue weighted by molar-refractivity contribution is 5.72. The fourth-order valence-corrected chi connectivity index (χ4v) is 2.13. The normalized spacial score (nSPS) is 11.1. The molecule has 0 saturated heterocycles. The first-order valence-electron chi connectivity index (χ1n) is 9.14. The molecule has 0 saturated carbocycles. The molecule has 1 N–H and O–H groups in total. The summed E-state index contributed by atoms with van der Waals surface area (Å²) in [5.74, 6) is 0.296. The third-order valence-corrected chi connectivity index (χ3v) is 3.35. The minimum Gasteiger partial charge on any atom is -0.444 e. The first kappa shape index (κ1) is 22.0. The van der Waals surface area contributed by atoms with Crippen LogP contribution >= 0.6 is 0 Å². The molecule has 0 atom stereocenters. The highest BCUT2D eigenvalue weighted by atomic mass is 16.6. The lowest BCUT2D eigenvalue weighted by atomic mass is 10.2. The number of benzene rings is 1. The highest BCUT2D eigenvalue weighted by Gasteiger charge is 2.15. The number of hydrogen-bond acceptors (Lipinski definition) is 5. The van der Waals surface area contributed by atoms with E-state index in [4.69, 9.17) is 14.2 Å². The van der Waals surface area contributed by atoms with Crippen LogP contribution < -0.4 is 10.1 Å². The SMILES string of the molecule is CCOCc1ccc(OC(=O)CCCCCNC(=O)OC(C)(C)C)cc1. The highest BCUT2D eigenvalue weighted by Crippen LogP contribution is 2.14. The van der Waals surface area contributed by atoms with Gasteiger partial charge in [-0.3, -0.25) is 4.79 Å². The summed E-state index contributed by atoms with van der Waals surface area (Å²) in [4.78, 5) is 23.3. The molecular weight excluding hydrogens is 334 g/mol. The third kappa shape index (κ3) is 10.7. The Hall–Kier alpha value is -2.08. The second-order valence-electron chi connectivity index (χ2n) is 6.99. The predicted octanol–water partition coefficient (Wildman–Crippen LogP) is 4.21. The van der Waals surface area contributed by atoms with Crippen molar-refractivity contribution in [2.75, 3.05) is 13.2 Å². The lowest BCUT2D eigenvalue weighted by Gasteiger charge is -2.19. The van der Waals surface area contributed by atoms with Crippen molar-refractivity contribution in [2.45, 2.75) is 65.6 Å². The van der Waals surface area contributed by atoms with E-state index in [0.717, 1.165) is 24.8 Å². The van der Waals surface area contributed by atoms with Gasteiger partial charge in [0.25, 0.3) is 0 Å². The Labute approximate surface area is 156 Å². The number of esters is 1. The molecule has 0 aromatic heterocycles. The number of nitrogens with one attached hydrogen (secondary N) is 1. The Balaban J connectivity index is 2.12. The standard InChI is InChI=1S/C20H31NO5/c1-5-24-15-16-10-12-17(13-11-16)25-18(22)9-7-6-8-14-21-19(23)26-20(2,3)4/h10-13H,5-9,14-15H2,1-4H3,(H,21,23). The first-order chi connectivity index (χ1) is 12.3. The molecule has 0 aliphatic carbocycles. The fourth-order valence-electron chi connectivity index (χ4n) is 2.13. The number of alkyl carbamates (subject to hydrolysis) is 1. The summed E-state index contributed by atoms with van der Waals surface area (Å²) in [6, 6.07) is 7.33. The molecule has 1 rings (SSSR count).